The van der Waals surface area contributed by atoms with E-state index in [1.807, 2.05) is 0 Å². The molecule has 4 nitrogen and oxygen atoms in total. The number of benzene rings is 1. The lowest BCUT2D eigenvalue weighted by atomic mass is 9.87. The minimum absolute atomic E-state index is 0.0905. The zero-order valence-electron chi connectivity index (χ0n) is 14.6. The molecule has 2 heterocycles. The van der Waals surface area contributed by atoms with Crippen molar-refractivity contribution in [1.82, 2.24) is 0 Å². The summed E-state index contributed by atoms with van der Waals surface area (Å²) in [5.74, 6) is 0.621. The van der Waals surface area contributed by atoms with Gasteiger partial charge in [-0.2, -0.15) is 0 Å². The highest BCUT2D eigenvalue weighted by atomic mass is 35.5. The molecule has 0 amide bonds. The molecule has 142 valence electrons. The first-order chi connectivity index (χ1) is 12.9. The quantitative estimate of drug-likeness (QED) is 0.600. The second-order valence-corrected chi connectivity index (χ2v) is 11.5. The molecular formula is C19H18ClNO3S3. The highest BCUT2D eigenvalue weighted by molar-refractivity contribution is 7.94. The van der Waals surface area contributed by atoms with Gasteiger partial charge in [0.25, 0.3) is 10.0 Å². The maximum Gasteiger partial charge on any atom is 0.271 e. The van der Waals surface area contributed by atoms with E-state index in [1.54, 1.807) is 35.6 Å². The van der Waals surface area contributed by atoms with Crippen molar-refractivity contribution in [2.75, 3.05) is 4.72 Å². The van der Waals surface area contributed by atoms with Crippen LogP contribution in [0.1, 0.15) is 30.2 Å². The molecule has 1 N–H and O–H groups in total. The van der Waals surface area contributed by atoms with Crippen LogP contribution < -0.4 is 10.2 Å². The first-order valence-electron chi connectivity index (χ1n) is 8.74. The Morgan fingerprint density at radius 3 is 2.74 bits per heavy atom. The van der Waals surface area contributed by atoms with Gasteiger partial charge in [-0.25, -0.2) is 8.42 Å². The summed E-state index contributed by atoms with van der Waals surface area (Å²) in [4.78, 5) is 14.0. The number of thiophene rings is 1. The molecule has 0 aliphatic heterocycles. The molecule has 4 rings (SSSR count). The summed E-state index contributed by atoms with van der Waals surface area (Å²) in [5, 5.41) is 0.663. The fourth-order valence-corrected chi connectivity index (χ4v) is 7.36. The van der Waals surface area contributed by atoms with Gasteiger partial charge in [0.2, 0.25) is 0 Å². The van der Waals surface area contributed by atoms with Crippen molar-refractivity contribution in [2.24, 2.45) is 5.92 Å². The van der Waals surface area contributed by atoms with Crippen molar-refractivity contribution in [3.63, 3.8) is 0 Å². The van der Waals surface area contributed by atoms with Crippen molar-refractivity contribution >= 4 is 60.1 Å². The standard InChI is InChI=1S/C19H18ClNO3S3/c1-2-11-3-5-13-15(9-11)25-16-10-12(4-6-14(16)19(13)22)21-27(23,24)18-8-7-17(20)26-18/h4,6-8,10-11,21H,2-3,5,9H2,1H3. The van der Waals surface area contributed by atoms with Crippen molar-refractivity contribution in [1.29, 1.82) is 0 Å². The van der Waals surface area contributed by atoms with Gasteiger partial charge >= 0.3 is 0 Å². The number of hydrogen-bond donors (Lipinski definition) is 1. The van der Waals surface area contributed by atoms with Crippen LogP contribution in [0.15, 0.2) is 39.3 Å². The SMILES string of the molecule is CCC1CCc2c(sc3cc(NS(=O)(=O)c4ccc(Cl)s4)ccc3c2=O)C1. The van der Waals surface area contributed by atoms with Crippen molar-refractivity contribution in [3.05, 3.63) is 55.3 Å². The summed E-state index contributed by atoms with van der Waals surface area (Å²) in [6.07, 6.45) is 3.96. The summed E-state index contributed by atoms with van der Waals surface area (Å²) in [7, 11) is -3.69. The van der Waals surface area contributed by atoms with Gasteiger partial charge in [-0.3, -0.25) is 9.52 Å². The van der Waals surface area contributed by atoms with Gasteiger partial charge in [0.1, 0.15) is 4.21 Å². The molecule has 0 fully saturated rings. The van der Waals surface area contributed by atoms with Gasteiger partial charge in [-0.05, 0) is 55.5 Å². The Bertz CT molecular complexity index is 1180. The second-order valence-electron chi connectivity index (χ2n) is 6.72. The van der Waals surface area contributed by atoms with Gasteiger partial charge in [-0.1, -0.05) is 24.9 Å². The third-order valence-electron chi connectivity index (χ3n) is 4.99. The molecule has 3 aromatic rings. The first kappa shape index (κ1) is 18.9. The zero-order chi connectivity index (χ0) is 19.2. The highest BCUT2D eigenvalue weighted by Crippen LogP contribution is 2.33. The molecule has 0 radical (unpaired) electrons. The van der Waals surface area contributed by atoms with Crippen LogP contribution in [-0.4, -0.2) is 8.42 Å². The van der Waals surface area contributed by atoms with E-state index in [0.717, 1.165) is 52.2 Å². The summed E-state index contributed by atoms with van der Waals surface area (Å²) < 4.78 is 29.0. The predicted molar refractivity (Wildman–Crippen MR) is 114 cm³/mol. The maximum absolute atomic E-state index is 12.8. The van der Waals surface area contributed by atoms with Gasteiger partial charge in [0.15, 0.2) is 5.43 Å². The molecule has 27 heavy (non-hydrogen) atoms. The molecule has 1 aliphatic rings. The number of halogens is 1. The largest absolute Gasteiger partial charge is 0.289 e. The third kappa shape index (κ3) is 3.66. The molecule has 8 heteroatoms. The Morgan fingerprint density at radius 2 is 2.04 bits per heavy atom. The lowest BCUT2D eigenvalue weighted by Gasteiger charge is -2.22. The summed E-state index contributed by atoms with van der Waals surface area (Å²) in [6, 6.07) is 8.16. The monoisotopic (exact) mass is 439 g/mol. The molecule has 0 saturated heterocycles. The van der Waals surface area contributed by atoms with Crippen LogP contribution in [0.3, 0.4) is 0 Å². The van der Waals surface area contributed by atoms with E-state index < -0.39 is 10.0 Å². The molecule has 0 spiro atoms. The second kappa shape index (κ2) is 7.20. The van der Waals surface area contributed by atoms with Crippen molar-refractivity contribution < 1.29 is 8.42 Å². The van der Waals surface area contributed by atoms with Crippen LogP contribution in [0.25, 0.3) is 10.1 Å². The normalized spacial score (nSPS) is 17.0. The number of hydrogen-bond acceptors (Lipinski definition) is 5. The average Bonchev–Trinajstić information content (AvgIpc) is 3.08. The molecule has 1 aromatic carbocycles. The van der Waals surface area contributed by atoms with E-state index in [1.165, 1.54) is 6.07 Å². The van der Waals surface area contributed by atoms with Crippen LogP contribution in [0.2, 0.25) is 4.34 Å². The Morgan fingerprint density at radius 1 is 1.22 bits per heavy atom. The number of nitrogens with one attached hydrogen (secondary N) is 1. The van der Waals surface area contributed by atoms with Crippen LogP contribution in [0.4, 0.5) is 5.69 Å². The van der Waals surface area contributed by atoms with E-state index in [4.69, 9.17) is 11.6 Å². The smallest absolute Gasteiger partial charge is 0.271 e. The van der Waals surface area contributed by atoms with E-state index >= 15 is 0 Å². The van der Waals surface area contributed by atoms with E-state index in [9.17, 15) is 13.2 Å². The summed E-state index contributed by atoms with van der Waals surface area (Å²) in [5.41, 5.74) is 1.48. The van der Waals surface area contributed by atoms with Crippen LogP contribution in [0.5, 0.6) is 0 Å². The Labute approximate surface area is 170 Å². The fourth-order valence-electron chi connectivity index (χ4n) is 3.47. The van der Waals surface area contributed by atoms with E-state index in [-0.39, 0.29) is 9.64 Å². The molecule has 0 bridgehead atoms. The number of anilines is 1. The number of sulfonamides is 1. The zero-order valence-corrected chi connectivity index (χ0v) is 17.8. The van der Waals surface area contributed by atoms with Gasteiger partial charge in [0, 0.05) is 20.5 Å². The minimum atomic E-state index is -3.69. The summed E-state index contributed by atoms with van der Waals surface area (Å²) >= 11 is 8.47. The van der Waals surface area contributed by atoms with E-state index in [0.29, 0.717) is 21.3 Å². The topological polar surface area (TPSA) is 63.2 Å². The lowest BCUT2D eigenvalue weighted by molar-refractivity contribution is 0.448. The van der Waals surface area contributed by atoms with Crippen LogP contribution in [0, 0.1) is 5.92 Å². The number of fused-ring (bicyclic) bond motifs is 2. The Kier molecular flexibility index (Phi) is 5.05. The lowest BCUT2D eigenvalue weighted by Crippen LogP contribution is -2.20. The first-order valence-corrected chi connectivity index (χ1v) is 12.2. The maximum atomic E-state index is 12.8. The minimum Gasteiger partial charge on any atom is -0.289 e. The Balaban J connectivity index is 1.73. The molecule has 2 aromatic heterocycles. The summed E-state index contributed by atoms with van der Waals surface area (Å²) in [6.45, 7) is 2.18. The van der Waals surface area contributed by atoms with Crippen LogP contribution in [-0.2, 0) is 22.9 Å². The predicted octanol–water partition coefficient (Wildman–Crippen LogP) is 5.29. The molecule has 1 unspecified atom stereocenters. The fraction of sp³-hybridized carbons (Fsp3) is 0.316. The molecular weight excluding hydrogens is 422 g/mol. The average molecular weight is 440 g/mol. The van der Waals surface area contributed by atoms with Gasteiger partial charge in [0.05, 0.1) is 10.0 Å². The number of rotatable bonds is 4. The molecule has 0 saturated carbocycles. The Hall–Kier alpha value is -1.41. The third-order valence-corrected chi connectivity index (χ3v) is 9.31. The van der Waals surface area contributed by atoms with Crippen LogP contribution >= 0.6 is 34.3 Å². The molecule has 1 atom stereocenters. The van der Waals surface area contributed by atoms with Crippen molar-refractivity contribution in [3.8, 4) is 0 Å². The van der Waals surface area contributed by atoms with Crippen molar-refractivity contribution in [2.45, 2.75) is 36.8 Å². The molecule has 1 aliphatic carbocycles. The van der Waals surface area contributed by atoms with Gasteiger partial charge in [-0.15, -0.1) is 22.7 Å². The highest BCUT2D eigenvalue weighted by Gasteiger charge is 2.22. The van der Waals surface area contributed by atoms with E-state index in [2.05, 4.69) is 11.6 Å². The van der Waals surface area contributed by atoms with Gasteiger partial charge < -0.3 is 0 Å².